The van der Waals surface area contributed by atoms with E-state index in [0.717, 1.165) is 82.7 Å². The molecule has 0 radical (unpaired) electrons. The highest BCUT2D eigenvalue weighted by atomic mass is 16.3. The molecule has 6 aromatic carbocycles. The van der Waals surface area contributed by atoms with Crippen LogP contribution in [0.25, 0.3) is 82.5 Å². The monoisotopic (exact) mass is 538 g/mol. The fraction of sp³-hybridized carbons (Fsp3) is 0.0263. The fourth-order valence-electron chi connectivity index (χ4n) is 6.67. The molecule has 0 fully saturated rings. The third kappa shape index (κ3) is 3.05. The summed E-state index contributed by atoms with van der Waals surface area (Å²) in [6, 6.07) is 41.9. The number of nitriles is 1. The number of aryl methyl sites for hydroxylation is 1. The van der Waals surface area contributed by atoms with Crippen molar-refractivity contribution in [3.05, 3.63) is 126 Å². The highest BCUT2D eigenvalue weighted by Crippen LogP contribution is 2.43. The van der Waals surface area contributed by atoms with Gasteiger partial charge in [0.15, 0.2) is 5.58 Å². The minimum atomic E-state index is 0.618. The van der Waals surface area contributed by atoms with Gasteiger partial charge in [0.05, 0.1) is 28.4 Å². The van der Waals surface area contributed by atoms with Gasteiger partial charge in [0.2, 0.25) is 0 Å². The van der Waals surface area contributed by atoms with Crippen molar-refractivity contribution >= 4 is 65.7 Å². The van der Waals surface area contributed by atoms with Crippen LogP contribution in [0.5, 0.6) is 0 Å². The maximum Gasteiger partial charge on any atom is 0.160 e. The third-order valence-electron chi connectivity index (χ3n) is 8.55. The number of rotatable bonds is 2. The molecule has 0 aliphatic rings. The van der Waals surface area contributed by atoms with Crippen molar-refractivity contribution in [1.29, 1.82) is 5.26 Å². The number of hydrogen-bond donors (Lipinski definition) is 0. The smallest absolute Gasteiger partial charge is 0.160 e. The number of para-hydroxylation sites is 3. The van der Waals surface area contributed by atoms with Gasteiger partial charge in [-0.15, -0.1) is 0 Å². The fourth-order valence-corrected chi connectivity index (χ4v) is 6.67. The molecule has 0 aliphatic carbocycles. The predicted molar refractivity (Wildman–Crippen MR) is 170 cm³/mol. The summed E-state index contributed by atoms with van der Waals surface area (Å²) in [4.78, 5) is 0. The average molecular weight is 539 g/mol. The van der Waals surface area contributed by atoms with Crippen LogP contribution in [0.2, 0.25) is 0 Å². The summed E-state index contributed by atoms with van der Waals surface area (Å²) in [5.41, 5.74) is 10.6. The Balaban J connectivity index is 1.41. The highest BCUT2D eigenvalue weighted by molar-refractivity contribution is 6.21. The average Bonchev–Trinajstić information content (AvgIpc) is 3.70. The molecule has 0 N–H and O–H groups in total. The van der Waals surface area contributed by atoms with Gasteiger partial charge in [0.1, 0.15) is 16.7 Å². The van der Waals surface area contributed by atoms with Crippen molar-refractivity contribution in [1.82, 2.24) is 4.57 Å². The molecule has 9 rings (SSSR count). The Morgan fingerprint density at radius 1 is 0.595 bits per heavy atom. The molecule has 0 saturated carbocycles. The zero-order valence-electron chi connectivity index (χ0n) is 22.7. The van der Waals surface area contributed by atoms with E-state index < -0.39 is 0 Å². The molecule has 196 valence electrons. The molecule has 0 spiro atoms. The number of fused-ring (bicyclic) bond motifs is 10. The zero-order chi connectivity index (χ0) is 27.9. The molecule has 0 amide bonds. The van der Waals surface area contributed by atoms with E-state index in [1.807, 2.05) is 30.3 Å². The van der Waals surface area contributed by atoms with Gasteiger partial charge in [-0.3, -0.25) is 0 Å². The molecule has 42 heavy (non-hydrogen) atoms. The molecule has 3 aromatic heterocycles. The van der Waals surface area contributed by atoms with Crippen LogP contribution >= 0.6 is 0 Å². The van der Waals surface area contributed by atoms with Crippen molar-refractivity contribution in [3.63, 3.8) is 0 Å². The number of hydrogen-bond acceptors (Lipinski definition) is 3. The van der Waals surface area contributed by atoms with E-state index >= 15 is 0 Å². The molecular weight excluding hydrogens is 516 g/mol. The van der Waals surface area contributed by atoms with Crippen LogP contribution < -0.4 is 0 Å². The lowest BCUT2D eigenvalue weighted by atomic mass is 9.98. The zero-order valence-corrected chi connectivity index (χ0v) is 22.7. The molecule has 0 atom stereocenters. The van der Waals surface area contributed by atoms with Gasteiger partial charge in [-0.1, -0.05) is 66.7 Å². The second kappa shape index (κ2) is 8.36. The molecule has 4 heteroatoms. The van der Waals surface area contributed by atoms with Crippen LogP contribution in [-0.4, -0.2) is 4.57 Å². The summed E-state index contributed by atoms with van der Waals surface area (Å²) in [5, 5.41) is 16.0. The van der Waals surface area contributed by atoms with Gasteiger partial charge in [0.25, 0.3) is 0 Å². The Morgan fingerprint density at radius 3 is 2.21 bits per heavy atom. The van der Waals surface area contributed by atoms with Crippen LogP contribution in [0.4, 0.5) is 0 Å². The standard InChI is InChI=1S/C38H22N2O2/c1-22-7-6-10-25(24-14-18-35-31(20-24)30-19-23(21-39)13-17-34(30)41-35)36(22)40-32-11-4-2-8-26(32)28-15-16-29-27-9-3-5-12-33(27)42-38(29)37(28)40/h2-20H,1H3. The Hall–Kier alpha value is -5.79. The molecule has 0 saturated heterocycles. The first-order valence-electron chi connectivity index (χ1n) is 14.0. The quantitative estimate of drug-likeness (QED) is 0.220. The van der Waals surface area contributed by atoms with E-state index in [-0.39, 0.29) is 0 Å². The summed E-state index contributed by atoms with van der Waals surface area (Å²) in [7, 11) is 0. The molecule has 0 bridgehead atoms. The second-order valence-electron chi connectivity index (χ2n) is 10.9. The third-order valence-corrected chi connectivity index (χ3v) is 8.55. The van der Waals surface area contributed by atoms with Crippen LogP contribution in [-0.2, 0) is 0 Å². The molecular formula is C38H22N2O2. The predicted octanol–water partition coefficient (Wildman–Crippen LogP) is 10.4. The molecule has 0 aliphatic heterocycles. The Kier molecular flexibility index (Phi) is 4.57. The van der Waals surface area contributed by atoms with Crippen LogP contribution in [0, 0.1) is 18.3 Å². The first-order valence-corrected chi connectivity index (χ1v) is 14.0. The number of benzene rings is 6. The number of aromatic nitrogens is 1. The maximum atomic E-state index is 9.52. The van der Waals surface area contributed by atoms with Crippen LogP contribution in [0.3, 0.4) is 0 Å². The normalized spacial score (nSPS) is 11.9. The lowest BCUT2D eigenvalue weighted by Crippen LogP contribution is -2.00. The summed E-state index contributed by atoms with van der Waals surface area (Å²) >= 11 is 0. The SMILES string of the molecule is Cc1cccc(-c2ccc3oc4ccc(C#N)cc4c3c2)c1-n1c2ccccc2c2ccc3c4ccccc4oc3c21. The topological polar surface area (TPSA) is 55.0 Å². The molecule has 9 aromatic rings. The summed E-state index contributed by atoms with van der Waals surface area (Å²) in [6.07, 6.45) is 0. The largest absolute Gasteiger partial charge is 0.456 e. The molecule has 4 nitrogen and oxygen atoms in total. The van der Waals surface area contributed by atoms with Gasteiger partial charge in [-0.05, 0) is 66.6 Å². The minimum absolute atomic E-state index is 0.618. The number of nitrogens with zero attached hydrogens (tertiary/aromatic N) is 2. The Bertz CT molecular complexity index is 2610. The Morgan fingerprint density at radius 2 is 1.33 bits per heavy atom. The van der Waals surface area contributed by atoms with Gasteiger partial charge in [-0.25, -0.2) is 0 Å². The van der Waals surface area contributed by atoms with E-state index in [2.05, 4.69) is 96.4 Å². The van der Waals surface area contributed by atoms with E-state index in [9.17, 15) is 5.26 Å². The van der Waals surface area contributed by atoms with E-state index in [1.165, 1.54) is 5.39 Å². The molecule has 0 unspecified atom stereocenters. The van der Waals surface area contributed by atoms with Crippen LogP contribution in [0.1, 0.15) is 11.1 Å². The lowest BCUT2D eigenvalue weighted by Gasteiger charge is -2.17. The van der Waals surface area contributed by atoms with Crippen LogP contribution in [0.15, 0.2) is 124 Å². The van der Waals surface area contributed by atoms with Crippen molar-refractivity contribution in [3.8, 4) is 22.9 Å². The first kappa shape index (κ1) is 23.0. The summed E-state index contributed by atoms with van der Waals surface area (Å²) in [6.45, 7) is 2.17. The molecule has 3 heterocycles. The second-order valence-corrected chi connectivity index (χ2v) is 10.9. The first-order chi connectivity index (χ1) is 20.7. The Labute approximate surface area is 240 Å². The van der Waals surface area contributed by atoms with Crippen molar-refractivity contribution in [2.45, 2.75) is 6.92 Å². The van der Waals surface area contributed by atoms with E-state index in [1.54, 1.807) is 6.07 Å². The van der Waals surface area contributed by atoms with Crippen molar-refractivity contribution < 1.29 is 8.83 Å². The van der Waals surface area contributed by atoms with Crippen molar-refractivity contribution in [2.75, 3.05) is 0 Å². The number of furan rings is 2. The minimum Gasteiger partial charge on any atom is -0.456 e. The summed E-state index contributed by atoms with van der Waals surface area (Å²) in [5.74, 6) is 0. The van der Waals surface area contributed by atoms with E-state index in [0.29, 0.717) is 5.56 Å². The lowest BCUT2D eigenvalue weighted by molar-refractivity contribution is 0.669. The van der Waals surface area contributed by atoms with Gasteiger partial charge in [0, 0.05) is 37.9 Å². The van der Waals surface area contributed by atoms with Gasteiger partial charge >= 0.3 is 0 Å². The van der Waals surface area contributed by atoms with Gasteiger partial charge in [-0.2, -0.15) is 5.26 Å². The highest BCUT2D eigenvalue weighted by Gasteiger charge is 2.22. The van der Waals surface area contributed by atoms with Crippen molar-refractivity contribution in [2.24, 2.45) is 0 Å². The van der Waals surface area contributed by atoms with Gasteiger partial charge < -0.3 is 13.4 Å². The van der Waals surface area contributed by atoms with E-state index in [4.69, 9.17) is 8.83 Å². The maximum absolute atomic E-state index is 9.52. The summed E-state index contributed by atoms with van der Waals surface area (Å²) < 4.78 is 15.1.